The second-order valence-corrected chi connectivity index (χ2v) is 4.92. The third-order valence-electron chi connectivity index (χ3n) is 3.21. The van der Waals surface area contributed by atoms with Gasteiger partial charge in [0.1, 0.15) is 5.82 Å². The zero-order valence-corrected chi connectivity index (χ0v) is 12.2. The van der Waals surface area contributed by atoms with E-state index in [4.69, 9.17) is 11.6 Å². The molecule has 1 aromatic rings. The van der Waals surface area contributed by atoms with Crippen molar-refractivity contribution in [3.63, 3.8) is 0 Å². The molecular formula is C13H17Cl2FN2O. The summed E-state index contributed by atoms with van der Waals surface area (Å²) in [5, 5.41) is 3.52. The molecule has 106 valence electrons. The lowest BCUT2D eigenvalue weighted by molar-refractivity contribution is -0.133. The lowest BCUT2D eigenvalue weighted by Gasteiger charge is -2.34. The number of hydrogen-bond acceptors (Lipinski definition) is 2. The van der Waals surface area contributed by atoms with Gasteiger partial charge in [-0.1, -0.05) is 17.7 Å². The summed E-state index contributed by atoms with van der Waals surface area (Å²) in [6.45, 7) is 4.19. The maximum absolute atomic E-state index is 13.6. The quantitative estimate of drug-likeness (QED) is 0.909. The zero-order chi connectivity index (χ0) is 13.1. The van der Waals surface area contributed by atoms with Gasteiger partial charge in [-0.25, -0.2) is 4.39 Å². The highest BCUT2D eigenvalue weighted by Crippen LogP contribution is 2.20. The number of amides is 1. The van der Waals surface area contributed by atoms with E-state index in [-0.39, 0.29) is 36.3 Å². The lowest BCUT2D eigenvalue weighted by atomic mass is 10.1. The van der Waals surface area contributed by atoms with Crippen LogP contribution in [0.15, 0.2) is 18.2 Å². The van der Waals surface area contributed by atoms with Crippen LogP contribution in [-0.2, 0) is 11.2 Å². The lowest BCUT2D eigenvalue weighted by Crippen LogP contribution is -2.52. The highest BCUT2D eigenvalue weighted by Gasteiger charge is 2.24. The molecule has 1 heterocycles. The maximum Gasteiger partial charge on any atom is 0.227 e. The number of piperazine rings is 1. The Morgan fingerprint density at radius 3 is 2.95 bits per heavy atom. The van der Waals surface area contributed by atoms with Crippen molar-refractivity contribution in [1.82, 2.24) is 10.2 Å². The van der Waals surface area contributed by atoms with Crippen LogP contribution in [0.2, 0.25) is 5.02 Å². The van der Waals surface area contributed by atoms with Gasteiger partial charge in [-0.3, -0.25) is 4.79 Å². The normalized spacial score (nSPS) is 18.9. The Bertz CT molecular complexity index is 436. The number of rotatable bonds is 2. The van der Waals surface area contributed by atoms with Gasteiger partial charge in [-0.2, -0.15) is 0 Å². The first kappa shape index (κ1) is 16.2. The van der Waals surface area contributed by atoms with Gasteiger partial charge in [0.25, 0.3) is 0 Å². The molecule has 1 amide bonds. The summed E-state index contributed by atoms with van der Waals surface area (Å²) >= 11 is 5.93. The Hall–Kier alpha value is -0.840. The maximum atomic E-state index is 13.6. The summed E-state index contributed by atoms with van der Waals surface area (Å²) < 4.78 is 13.6. The van der Waals surface area contributed by atoms with Crippen molar-refractivity contribution in [3.05, 3.63) is 34.6 Å². The number of carbonyl (C=O) groups is 1. The van der Waals surface area contributed by atoms with Crippen molar-refractivity contribution in [1.29, 1.82) is 0 Å². The molecule has 1 aliphatic heterocycles. The SMILES string of the molecule is C[C@H]1CNCCN1C(=O)Cc1c(F)cccc1Cl.Cl. The minimum Gasteiger partial charge on any atom is -0.337 e. The van der Waals surface area contributed by atoms with E-state index in [9.17, 15) is 9.18 Å². The molecule has 1 fully saturated rings. The first-order valence-corrected chi connectivity index (χ1v) is 6.40. The van der Waals surface area contributed by atoms with E-state index in [1.807, 2.05) is 6.92 Å². The molecule has 0 spiro atoms. The second-order valence-electron chi connectivity index (χ2n) is 4.52. The Morgan fingerprint density at radius 2 is 2.32 bits per heavy atom. The van der Waals surface area contributed by atoms with Gasteiger partial charge in [-0.15, -0.1) is 12.4 Å². The number of nitrogens with one attached hydrogen (secondary N) is 1. The molecule has 0 aliphatic carbocycles. The van der Waals surface area contributed by atoms with E-state index >= 15 is 0 Å². The van der Waals surface area contributed by atoms with Crippen LogP contribution in [0.5, 0.6) is 0 Å². The van der Waals surface area contributed by atoms with E-state index in [1.54, 1.807) is 17.0 Å². The summed E-state index contributed by atoms with van der Waals surface area (Å²) in [5.74, 6) is -0.491. The molecule has 0 radical (unpaired) electrons. The summed E-state index contributed by atoms with van der Waals surface area (Å²) in [4.78, 5) is 13.9. The van der Waals surface area contributed by atoms with E-state index < -0.39 is 5.82 Å². The number of nitrogens with zero attached hydrogens (tertiary/aromatic N) is 1. The summed E-state index contributed by atoms with van der Waals surface area (Å²) in [6, 6.07) is 4.61. The minimum absolute atomic E-state index is 0. The van der Waals surface area contributed by atoms with E-state index in [0.29, 0.717) is 11.6 Å². The molecule has 0 unspecified atom stereocenters. The van der Waals surface area contributed by atoms with E-state index in [1.165, 1.54) is 6.07 Å². The van der Waals surface area contributed by atoms with Gasteiger partial charge >= 0.3 is 0 Å². The highest BCUT2D eigenvalue weighted by atomic mass is 35.5. The average molecular weight is 307 g/mol. The first-order valence-electron chi connectivity index (χ1n) is 6.02. The van der Waals surface area contributed by atoms with Crippen molar-refractivity contribution in [2.75, 3.05) is 19.6 Å². The largest absolute Gasteiger partial charge is 0.337 e. The molecular weight excluding hydrogens is 290 g/mol. The van der Waals surface area contributed by atoms with Crippen molar-refractivity contribution >= 4 is 29.9 Å². The van der Waals surface area contributed by atoms with E-state index in [0.717, 1.165) is 13.1 Å². The van der Waals surface area contributed by atoms with Crippen LogP contribution in [-0.4, -0.2) is 36.5 Å². The molecule has 1 atom stereocenters. The Kier molecular flexibility index (Phi) is 6.04. The molecule has 19 heavy (non-hydrogen) atoms. The number of halogens is 3. The fraction of sp³-hybridized carbons (Fsp3) is 0.462. The molecule has 6 heteroatoms. The van der Waals surface area contributed by atoms with Gasteiger partial charge in [0.2, 0.25) is 5.91 Å². The highest BCUT2D eigenvalue weighted by molar-refractivity contribution is 6.31. The molecule has 1 aliphatic rings. The molecule has 1 aromatic carbocycles. The van der Waals surface area contributed by atoms with Crippen molar-refractivity contribution in [3.8, 4) is 0 Å². The predicted octanol–water partition coefficient (Wildman–Crippen LogP) is 2.26. The zero-order valence-electron chi connectivity index (χ0n) is 10.7. The molecule has 0 aromatic heterocycles. The third-order valence-corrected chi connectivity index (χ3v) is 3.57. The van der Waals surface area contributed by atoms with Gasteiger partial charge in [0.15, 0.2) is 0 Å². The number of hydrogen-bond donors (Lipinski definition) is 1. The standard InChI is InChI=1S/C13H16ClFN2O.ClH/c1-9-8-16-5-6-17(9)13(18)7-10-11(14)3-2-4-12(10)15;/h2-4,9,16H,5-8H2,1H3;1H/t9-;/m0./s1. The molecule has 1 N–H and O–H groups in total. The first-order chi connectivity index (χ1) is 8.59. The number of carbonyl (C=O) groups excluding carboxylic acids is 1. The summed E-state index contributed by atoms with van der Waals surface area (Å²) in [6.07, 6.45) is 0.0237. The van der Waals surface area contributed by atoms with Crippen molar-refractivity contribution in [2.45, 2.75) is 19.4 Å². The third kappa shape index (κ3) is 3.81. The van der Waals surface area contributed by atoms with Crippen molar-refractivity contribution in [2.24, 2.45) is 0 Å². The number of benzene rings is 1. The van der Waals surface area contributed by atoms with Crippen LogP contribution in [0.25, 0.3) is 0 Å². The van der Waals surface area contributed by atoms with Crippen LogP contribution < -0.4 is 5.32 Å². The summed E-state index contributed by atoms with van der Waals surface area (Å²) in [7, 11) is 0. The fourth-order valence-electron chi connectivity index (χ4n) is 2.17. The minimum atomic E-state index is -0.418. The van der Waals surface area contributed by atoms with Crippen LogP contribution >= 0.6 is 24.0 Å². The van der Waals surface area contributed by atoms with Crippen LogP contribution in [0.1, 0.15) is 12.5 Å². The Labute approximate surface area is 123 Å². The van der Waals surface area contributed by atoms with Gasteiger partial charge in [0.05, 0.1) is 6.42 Å². The second kappa shape index (κ2) is 7.08. The van der Waals surface area contributed by atoms with Gasteiger partial charge in [-0.05, 0) is 19.1 Å². The Morgan fingerprint density at radius 1 is 1.58 bits per heavy atom. The van der Waals surface area contributed by atoms with E-state index in [2.05, 4.69) is 5.32 Å². The smallest absolute Gasteiger partial charge is 0.227 e. The monoisotopic (exact) mass is 306 g/mol. The average Bonchev–Trinajstić information content (AvgIpc) is 2.34. The van der Waals surface area contributed by atoms with Gasteiger partial charge in [0, 0.05) is 36.3 Å². The van der Waals surface area contributed by atoms with Crippen molar-refractivity contribution < 1.29 is 9.18 Å². The molecule has 2 rings (SSSR count). The van der Waals surface area contributed by atoms with Crippen LogP contribution in [0.4, 0.5) is 4.39 Å². The fourth-order valence-corrected chi connectivity index (χ4v) is 2.40. The van der Waals surface area contributed by atoms with Crippen LogP contribution in [0, 0.1) is 5.82 Å². The predicted molar refractivity (Wildman–Crippen MR) is 76.4 cm³/mol. The molecule has 1 saturated heterocycles. The van der Waals surface area contributed by atoms with Gasteiger partial charge < -0.3 is 10.2 Å². The topological polar surface area (TPSA) is 32.3 Å². The molecule has 0 bridgehead atoms. The van der Waals surface area contributed by atoms with Crippen LogP contribution in [0.3, 0.4) is 0 Å². The molecule has 3 nitrogen and oxygen atoms in total. The Balaban J connectivity index is 0.00000180. The molecule has 0 saturated carbocycles. The summed E-state index contributed by atoms with van der Waals surface area (Å²) in [5.41, 5.74) is 0.287.